The lowest BCUT2D eigenvalue weighted by Crippen LogP contribution is -2.09. The Morgan fingerprint density at radius 2 is 2.18 bits per heavy atom. The summed E-state index contributed by atoms with van der Waals surface area (Å²) in [5, 5.41) is 14.2. The normalized spacial score (nSPS) is 12.5. The molecule has 17 heavy (non-hydrogen) atoms. The van der Waals surface area contributed by atoms with E-state index in [9.17, 15) is 5.11 Å². The number of ether oxygens (including phenoxy) is 1. The Labute approximate surface area is 99.7 Å². The summed E-state index contributed by atoms with van der Waals surface area (Å²) >= 11 is 0. The summed E-state index contributed by atoms with van der Waals surface area (Å²) in [6.45, 7) is 1.97. The number of rotatable bonds is 3. The molecule has 0 bridgehead atoms. The molecule has 90 valence electrons. The van der Waals surface area contributed by atoms with E-state index in [0.717, 1.165) is 5.56 Å². The number of nitrogens with zero attached hydrogens (tertiary/aromatic N) is 3. The molecular formula is C12H15N3O2. The highest BCUT2D eigenvalue weighted by Gasteiger charge is 2.19. The van der Waals surface area contributed by atoms with Crippen molar-refractivity contribution < 1.29 is 9.84 Å². The average molecular weight is 233 g/mol. The molecule has 1 aromatic carbocycles. The molecule has 0 radical (unpaired) electrons. The van der Waals surface area contributed by atoms with Gasteiger partial charge >= 0.3 is 0 Å². The first-order valence-electron chi connectivity index (χ1n) is 5.30. The monoisotopic (exact) mass is 233 g/mol. The van der Waals surface area contributed by atoms with Crippen LogP contribution in [0.2, 0.25) is 0 Å². The van der Waals surface area contributed by atoms with Gasteiger partial charge in [-0.15, -0.1) is 0 Å². The fourth-order valence-corrected chi connectivity index (χ4v) is 1.74. The smallest absolute Gasteiger partial charge is 0.160 e. The molecule has 0 aliphatic carbocycles. The quantitative estimate of drug-likeness (QED) is 0.865. The Morgan fingerprint density at radius 1 is 1.41 bits per heavy atom. The van der Waals surface area contributed by atoms with Crippen molar-refractivity contribution in [2.24, 2.45) is 7.05 Å². The standard InChI is InChI=1S/C12H15N3O2/c1-8-4-5-9(10(6-8)17-3)11(16)12-13-7-14-15(12)2/h4-7,11,16H,1-3H3. The highest BCUT2D eigenvalue weighted by molar-refractivity contribution is 5.40. The molecule has 1 unspecified atom stereocenters. The highest BCUT2D eigenvalue weighted by atomic mass is 16.5. The van der Waals surface area contributed by atoms with Crippen LogP contribution in [0.3, 0.4) is 0 Å². The molecule has 0 aliphatic rings. The van der Waals surface area contributed by atoms with Gasteiger partial charge in [-0.25, -0.2) is 4.98 Å². The lowest BCUT2D eigenvalue weighted by Gasteiger charge is -2.14. The van der Waals surface area contributed by atoms with Crippen molar-refractivity contribution >= 4 is 0 Å². The van der Waals surface area contributed by atoms with Crippen LogP contribution in [0.4, 0.5) is 0 Å². The zero-order valence-corrected chi connectivity index (χ0v) is 10.1. The van der Waals surface area contributed by atoms with Crippen LogP contribution in [0.15, 0.2) is 24.5 Å². The second-order valence-corrected chi connectivity index (χ2v) is 3.89. The summed E-state index contributed by atoms with van der Waals surface area (Å²) in [4.78, 5) is 4.04. The fourth-order valence-electron chi connectivity index (χ4n) is 1.74. The van der Waals surface area contributed by atoms with Crippen LogP contribution < -0.4 is 4.74 Å². The topological polar surface area (TPSA) is 60.2 Å². The summed E-state index contributed by atoms with van der Waals surface area (Å²) in [6, 6.07) is 5.65. The number of hydrogen-bond acceptors (Lipinski definition) is 4. The molecule has 2 rings (SSSR count). The highest BCUT2D eigenvalue weighted by Crippen LogP contribution is 2.29. The van der Waals surface area contributed by atoms with Gasteiger partial charge in [0, 0.05) is 12.6 Å². The number of aliphatic hydroxyl groups is 1. The van der Waals surface area contributed by atoms with Gasteiger partial charge in [-0.3, -0.25) is 4.68 Å². The molecule has 5 heteroatoms. The van der Waals surface area contributed by atoms with Crippen LogP contribution in [0.25, 0.3) is 0 Å². The van der Waals surface area contributed by atoms with Gasteiger partial charge in [-0.2, -0.15) is 5.10 Å². The van der Waals surface area contributed by atoms with Crippen molar-refractivity contribution in [2.75, 3.05) is 7.11 Å². The van der Waals surface area contributed by atoms with Gasteiger partial charge < -0.3 is 9.84 Å². The molecule has 0 saturated carbocycles. The first-order valence-corrected chi connectivity index (χ1v) is 5.30. The molecule has 1 heterocycles. The van der Waals surface area contributed by atoms with E-state index in [2.05, 4.69) is 10.1 Å². The summed E-state index contributed by atoms with van der Waals surface area (Å²) in [5.74, 6) is 1.15. The van der Waals surface area contributed by atoms with Crippen LogP contribution in [-0.4, -0.2) is 27.0 Å². The zero-order chi connectivity index (χ0) is 12.4. The molecule has 1 N–H and O–H groups in total. The molecule has 0 spiro atoms. The Kier molecular flexibility index (Phi) is 3.10. The first-order chi connectivity index (χ1) is 8.13. The van der Waals surface area contributed by atoms with Crippen molar-refractivity contribution in [1.82, 2.24) is 14.8 Å². The zero-order valence-electron chi connectivity index (χ0n) is 10.1. The van der Waals surface area contributed by atoms with Crippen molar-refractivity contribution in [2.45, 2.75) is 13.0 Å². The van der Waals surface area contributed by atoms with E-state index >= 15 is 0 Å². The van der Waals surface area contributed by atoms with Gasteiger partial charge in [0.15, 0.2) is 5.82 Å². The van der Waals surface area contributed by atoms with E-state index < -0.39 is 6.10 Å². The van der Waals surface area contributed by atoms with Crippen molar-refractivity contribution in [1.29, 1.82) is 0 Å². The van der Waals surface area contributed by atoms with Crippen LogP contribution >= 0.6 is 0 Å². The van der Waals surface area contributed by atoms with E-state index in [4.69, 9.17) is 4.74 Å². The van der Waals surface area contributed by atoms with Gasteiger partial charge in [0.1, 0.15) is 18.2 Å². The third-order valence-electron chi connectivity index (χ3n) is 2.67. The minimum atomic E-state index is -0.835. The number of benzene rings is 1. The number of hydrogen-bond donors (Lipinski definition) is 1. The fraction of sp³-hybridized carbons (Fsp3) is 0.333. The Hall–Kier alpha value is -1.88. The predicted octanol–water partition coefficient (Wildman–Crippen LogP) is 1.21. The molecule has 0 saturated heterocycles. The first kappa shape index (κ1) is 11.6. The minimum Gasteiger partial charge on any atom is -0.496 e. The number of aromatic nitrogens is 3. The second-order valence-electron chi connectivity index (χ2n) is 3.89. The molecule has 0 fully saturated rings. The lowest BCUT2D eigenvalue weighted by atomic mass is 10.1. The largest absolute Gasteiger partial charge is 0.496 e. The Morgan fingerprint density at radius 3 is 2.76 bits per heavy atom. The van der Waals surface area contributed by atoms with Gasteiger partial charge in [-0.05, 0) is 18.6 Å². The Balaban J connectivity index is 2.44. The van der Waals surface area contributed by atoms with Crippen LogP contribution in [0.1, 0.15) is 23.1 Å². The van der Waals surface area contributed by atoms with Crippen LogP contribution in [0, 0.1) is 6.92 Å². The molecule has 2 aromatic rings. The van der Waals surface area contributed by atoms with Gasteiger partial charge in [-0.1, -0.05) is 12.1 Å². The number of aliphatic hydroxyl groups excluding tert-OH is 1. The van der Waals surface area contributed by atoms with Crippen molar-refractivity contribution in [3.63, 3.8) is 0 Å². The van der Waals surface area contributed by atoms with Crippen molar-refractivity contribution in [3.05, 3.63) is 41.5 Å². The summed E-state index contributed by atoms with van der Waals surface area (Å²) in [7, 11) is 3.33. The number of methoxy groups -OCH3 is 1. The maximum absolute atomic E-state index is 10.3. The molecule has 0 aliphatic heterocycles. The van der Waals surface area contributed by atoms with Gasteiger partial charge in [0.25, 0.3) is 0 Å². The third-order valence-corrected chi connectivity index (χ3v) is 2.67. The SMILES string of the molecule is COc1cc(C)ccc1C(O)c1ncnn1C. The summed E-state index contributed by atoms with van der Waals surface area (Å²) in [5.41, 5.74) is 1.77. The molecule has 5 nitrogen and oxygen atoms in total. The minimum absolute atomic E-state index is 0.493. The average Bonchev–Trinajstić information content (AvgIpc) is 2.74. The van der Waals surface area contributed by atoms with Crippen LogP contribution in [0.5, 0.6) is 5.75 Å². The summed E-state index contributed by atoms with van der Waals surface area (Å²) in [6.07, 6.45) is 0.581. The van der Waals surface area contributed by atoms with E-state index in [1.807, 2.05) is 25.1 Å². The molecule has 1 aromatic heterocycles. The van der Waals surface area contributed by atoms with E-state index in [-0.39, 0.29) is 0 Å². The maximum atomic E-state index is 10.3. The molecular weight excluding hydrogens is 218 g/mol. The molecule has 0 amide bonds. The molecule has 1 atom stereocenters. The predicted molar refractivity (Wildman–Crippen MR) is 62.8 cm³/mol. The third kappa shape index (κ3) is 2.14. The lowest BCUT2D eigenvalue weighted by molar-refractivity contribution is 0.199. The van der Waals surface area contributed by atoms with Gasteiger partial charge in [0.2, 0.25) is 0 Å². The van der Waals surface area contributed by atoms with Gasteiger partial charge in [0.05, 0.1) is 7.11 Å². The Bertz CT molecular complexity index is 522. The second kappa shape index (κ2) is 4.55. The van der Waals surface area contributed by atoms with Crippen LogP contribution in [-0.2, 0) is 7.05 Å². The summed E-state index contributed by atoms with van der Waals surface area (Å²) < 4.78 is 6.81. The maximum Gasteiger partial charge on any atom is 0.160 e. The van der Waals surface area contributed by atoms with Crippen molar-refractivity contribution in [3.8, 4) is 5.75 Å². The van der Waals surface area contributed by atoms with E-state index in [0.29, 0.717) is 17.1 Å². The number of aryl methyl sites for hydroxylation is 2. The van der Waals surface area contributed by atoms with E-state index in [1.54, 1.807) is 18.8 Å². The van der Waals surface area contributed by atoms with E-state index in [1.165, 1.54) is 6.33 Å².